The molecule has 0 heterocycles. The standard InChI is InChI=1S/C20H23N3O2/c1-13(2)17-10-8-16(9-11-17)12-21-23-20(25)19(24)22-18-7-5-6-14(3)15(18)4/h5-13H,1-4H3,(H,22,24)(H,23,25)/b21-12-. The molecule has 0 aliphatic rings. The Balaban J connectivity index is 1.92. The Morgan fingerprint density at radius 2 is 1.68 bits per heavy atom. The van der Waals surface area contributed by atoms with E-state index in [4.69, 9.17) is 0 Å². The van der Waals surface area contributed by atoms with Crippen LogP contribution in [0.5, 0.6) is 0 Å². The predicted molar refractivity (Wildman–Crippen MR) is 101 cm³/mol. The lowest BCUT2D eigenvalue weighted by Crippen LogP contribution is -2.32. The zero-order valence-electron chi connectivity index (χ0n) is 15.0. The van der Waals surface area contributed by atoms with E-state index < -0.39 is 11.8 Å². The van der Waals surface area contributed by atoms with Crippen molar-refractivity contribution in [3.63, 3.8) is 0 Å². The van der Waals surface area contributed by atoms with E-state index >= 15 is 0 Å². The van der Waals surface area contributed by atoms with Gasteiger partial charge in [-0.1, -0.05) is 50.2 Å². The molecular weight excluding hydrogens is 314 g/mol. The lowest BCUT2D eigenvalue weighted by Gasteiger charge is -2.09. The quantitative estimate of drug-likeness (QED) is 0.509. The molecule has 2 N–H and O–H groups in total. The van der Waals surface area contributed by atoms with Crippen LogP contribution in [0.3, 0.4) is 0 Å². The molecule has 0 fully saturated rings. The van der Waals surface area contributed by atoms with Crippen molar-refractivity contribution in [1.82, 2.24) is 5.43 Å². The van der Waals surface area contributed by atoms with Gasteiger partial charge in [-0.3, -0.25) is 9.59 Å². The van der Waals surface area contributed by atoms with E-state index in [2.05, 4.69) is 29.7 Å². The molecule has 5 nitrogen and oxygen atoms in total. The molecule has 25 heavy (non-hydrogen) atoms. The van der Waals surface area contributed by atoms with Gasteiger partial charge < -0.3 is 5.32 Å². The minimum Gasteiger partial charge on any atom is -0.317 e. The van der Waals surface area contributed by atoms with Crippen LogP contribution in [0.15, 0.2) is 47.6 Å². The Kier molecular flexibility index (Phi) is 6.06. The number of benzene rings is 2. The summed E-state index contributed by atoms with van der Waals surface area (Å²) in [7, 11) is 0. The van der Waals surface area contributed by atoms with Crippen LogP contribution in [0.1, 0.15) is 42.0 Å². The molecule has 2 amide bonds. The van der Waals surface area contributed by atoms with Gasteiger partial charge in [0, 0.05) is 5.69 Å². The molecule has 130 valence electrons. The molecule has 0 aromatic heterocycles. The van der Waals surface area contributed by atoms with Crippen LogP contribution in [-0.4, -0.2) is 18.0 Å². The number of hydrazone groups is 1. The summed E-state index contributed by atoms with van der Waals surface area (Å²) in [6.45, 7) is 8.08. The number of anilines is 1. The Morgan fingerprint density at radius 3 is 2.32 bits per heavy atom. The molecular formula is C20H23N3O2. The average Bonchev–Trinajstić information content (AvgIpc) is 2.59. The molecule has 0 spiro atoms. The first-order chi connectivity index (χ1) is 11.9. The maximum Gasteiger partial charge on any atom is 0.329 e. The predicted octanol–water partition coefficient (Wildman–Crippen LogP) is 3.52. The minimum absolute atomic E-state index is 0.458. The number of rotatable bonds is 4. The molecule has 0 unspecified atom stereocenters. The van der Waals surface area contributed by atoms with Crippen molar-refractivity contribution in [2.45, 2.75) is 33.6 Å². The minimum atomic E-state index is -0.809. The van der Waals surface area contributed by atoms with Crippen molar-refractivity contribution in [1.29, 1.82) is 0 Å². The van der Waals surface area contributed by atoms with Crippen LogP contribution in [0.2, 0.25) is 0 Å². The first-order valence-corrected chi connectivity index (χ1v) is 8.19. The largest absolute Gasteiger partial charge is 0.329 e. The SMILES string of the molecule is Cc1cccc(NC(=O)C(=O)N/N=C\c2ccc(C(C)C)cc2)c1C. The number of aryl methyl sites for hydroxylation is 1. The molecule has 2 aromatic rings. The Labute approximate surface area is 148 Å². The molecule has 0 saturated heterocycles. The molecule has 0 saturated carbocycles. The highest BCUT2D eigenvalue weighted by atomic mass is 16.2. The van der Waals surface area contributed by atoms with Crippen LogP contribution in [0.25, 0.3) is 0 Å². The van der Waals surface area contributed by atoms with Crippen LogP contribution >= 0.6 is 0 Å². The van der Waals surface area contributed by atoms with E-state index in [-0.39, 0.29) is 0 Å². The first-order valence-electron chi connectivity index (χ1n) is 8.19. The van der Waals surface area contributed by atoms with Crippen LogP contribution in [0.4, 0.5) is 5.69 Å². The highest BCUT2D eigenvalue weighted by molar-refractivity contribution is 6.39. The van der Waals surface area contributed by atoms with Gasteiger partial charge in [0.2, 0.25) is 0 Å². The molecule has 0 aliphatic heterocycles. The van der Waals surface area contributed by atoms with Crippen molar-refractivity contribution < 1.29 is 9.59 Å². The Hall–Kier alpha value is -2.95. The van der Waals surface area contributed by atoms with Crippen LogP contribution in [-0.2, 0) is 9.59 Å². The number of carbonyl (C=O) groups excluding carboxylic acids is 2. The second-order valence-corrected chi connectivity index (χ2v) is 6.22. The van der Waals surface area contributed by atoms with Crippen molar-refractivity contribution in [3.8, 4) is 0 Å². The monoisotopic (exact) mass is 337 g/mol. The summed E-state index contributed by atoms with van der Waals surface area (Å²) in [5, 5.41) is 6.43. The normalized spacial score (nSPS) is 10.9. The van der Waals surface area contributed by atoms with E-state index in [9.17, 15) is 9.59 Å². The van der Waals surface area contributed by atoms with E-state index in [0.29, 0.717) is 11.6 Å². The third kappa shape index (κ3) is 5.01. The summed E-state index contributed by atoms with van der Waals surface area (Å²) in [5.41, 5.74) is 6.91. The highest BCUT2D eigenvalue weighted by Gasteiger charge is 2.14. The summed E-state index contributed by atoms with van der Waals surface area (Å²) in [6, 6.07) is 13.4. The maximum atomic E-state index is 11.9. The third-order valence-corrected chi connectivity index (χ3v) is 4.04. The van der Waals surface area contributed by atoms with Gasteiger partial charge in [-0.25, -0.2) is 5.43 Å². The zero-order valence-corrected chi connectivity index (χ0v) is 15.0. The molecule has 0 aliphatic carbocycles. The van der Waals surface area contributed by atoms with Gasteiger partial charge in [0.15, 0.2) is 0 Å². The summed E-state index contributed by atoms with van der Waals surface area (Å²) in [5.74, 6) is -1.10. The number of nitrogens with zero attached hydrogens (tertiary/aromatic N) is 1. The third-order valence-electron chi connectivity index (χ3n) is 4.04. The molecule has 2 aromatic carbocycles. The van der Waals surface area contributed by atoms with E-state index in [1.54, 1.807) is 6.07 Å². The van der Waals surface area contributed by atoms with Crippen LogP contribution < -0.4 is 10.7 Å². The first kappa shape index (κ1) is 18.4. The summed E-state index contributed by atoms with van der Waals surface area (Å²) in [4.78, 5) is 23.8. The fourth-order valence-corrected chi connectivity index (χ4v) is 2.25. The fourth-order valence-electron chi connectivity index (χ4n) is 2.25. The molecule has 0 radical (unpaired) electrons. The number of hydrogen-bond donors (Lipinski definition) is 2. The van der Waals surface area contributed by atoms with Crippen molar-refractivity contribution in [2.75, 3.05) is 5.32 Å². The molecule has 2 rings (SSSR count). The average molecular weight is 337 g/mol. The van der Waals surface area contributed by atoms with E-state index in [1.807, 2.05) is 50.2 Å². The van der Waals surface area contributed by atoms with Gasteiger partial charge in [-0.15, -0.1) is 0 Å². The number of nitrogens with one attached hydrogen (secondary N) is 2. The van der Waals surface area contributed by atoms with Gasteiger partial charge in [0.05, 0.1) is 6.21 Å². The van der Waals surface area contributed by atoms with E-state index in [0.717, 1.165) is 16.7 Å². The molecule has 0 atom stereocenters. The van der Waals surface area contributed by atoms with Crippen LogP contribution in [0, 0.1) is 13.8 Å². The second-order valence-electron chi connectivity index (χ2n) is 6.22. The van der Waals surface area contributed by atoms with Gasteiger partial charge in [-0.05, 0) is 48.1 Å². The lowest BCUT2D eigenvalue weighted by molar-refractivity contribution is -0.136. The highest BCUT2D eigenvalue weighted by Crippen LogP contribution is 2.17. The van der Waals surface area contributed by atoms with E-state index in [1.165, 1.54) is 11.8 Å². The fraction of sp³-hybridized carbons (Fsp3) is 0.250. The number of amides is 2. The molecule has 0 bridgehead atoms. The van der Waals surface area contributed by atoms with Gasteiger partial charge in [0.25, 0.3) is 0 Å². The van der Waals surface area contributed by atoms with Crippen molar-refractivity contribution >= 4 is 23.7 Å². The Morgan fingerprint density at radius 1 is 1.00 bits per heavy atom. The summed E-state index contributed by atoms with van der Waals surface area (Å²) in [6.07, 6.45) is 1.51. The lowest BCUT2D eigenvalue weighted by atomic mass is 10.0. The maximum absolute atomic E-state index is 11.9. The van der Waals surface area contributed by atoms with Gasteiger partial charge in [-0.2, -0.15) is 5.10 Å². The smallest absolute Gasteiger partial charge is 0.317 e. The number of hydrogen-bond acceptors (Lipinski definition) is 3. The topological polar surface area (TPSA) is 70.6 Å². The summed E-state index contributed by atoms with van der Waals surface area (Å²) < 4.78 is 0. The Bertz CT molecular complexity index is 793. The zero-order chi connectivity index (χ0) is 18.4. The van der Waals surface area contributed by atoms with Gasteiger partial charge in [0.1, 0.15) is 0 Å². The number of carbonyl (C=O) groups is 2. The van der Waals surface area contributed by atoms with Crippen molar-refractivity contribution in [2.24, 2.45) is 5.10 Å². The summed E-state index contributed by atoms with van der Waals surface area (Å²) >= 11 is 0. The van der Waals surface area contributed by atoms with Gasteiger partial charge >= 0.3 is 11.8 Å². The van der Waals surface area contributed by atoms with Crippen molar-refractivity contribution in [3.05, 3.63) is 64.7 Å². The molecule has 5 heteroatoms. The second kappa shape index (κ2) is 8.24.